The topological polar surface area (TPSA) is 59.4 Å². The van der Waals surface area contributed by atoms with E-state index in [1.54, 1.807) is 6.92 Å². The van der Waals surface area contributed by atoms with Gasteiger partial charge < -0.3 is 9.84 Å². The number of pyridine rings is 1. The van der Waals surface area contributed by atoms with Gasteiger partial charge in [0.2, 0.25) is 0 Å². The number of hydrogen-bond acceptors (Lipinski definition) is 5. The molecule has 0 amide bonds. The molecule has 17 heavy (non-hydrogen) atoms. The molecule has 0 unspecified atom stereocenters. The lowest BCUT2D eigenvalue weighted by Crippen LogP contribution is -2.05. The molecule has 0 radical (unpaired) electrons. The first-order valence-corrected chi connectivity index (χ1v) is 6.60. The second-order valence-corrected chi connectivity index (χ2v) is 5.41. The van der Waals surface area contributed by atoms with E-state index in [0.717, 1.165) is 9.35 Å². The van der Waals surface area contributed by atoms with Gasteiger partial charge in [-0.2, -0.15) is 0 Å². The van der Waals surface area contributed by atoms with Gasteiger partial charge in [-0.15, -0.1) is 11.3 Å². The largest absolute Gasteiger partial charge is 0.505 e. The third-order valence-corrected chi connectivity index (χ3v) is 4.61. The summed E-state index contributed by atoms with van der Waals surface area (Å²) >= 11 is 4.79. The van der Waals surface area contributed by atoms with Gasteiger partial charge in [0.05, 0.1) is 21.3 Å². The van der Waals surface area contributed by atoms with Crippen molar-refractivity contribution in [3.05, 3.63) is 21.1 Å². The van der Waals surface area contributed by atoms with Crippen LogP contribution in [0.25, 0.3) is 10.2 Å². The van der Waals surface area contributed by atoms with Crippen molar-refractivity contribution in [1.82, 2.24) is 4.98 Å². The van der Waals surface area contributed by atoms with E-state index in [-0.39, 0.29) is 17.9 Å². The molecule has 0 aromatic carbocycles. The van der Waals surface area contributed by atoms with Crippen LogP contribution in [0.15, 0.2) is 10.7 Å². The standard InChI is InChI=1S/C11H10BrNO3S/c1-3-16-11(15)6-4-13-8-7(12)5(2)17-10(8)9(6)14/h4H,3H2,1-2H3,(H,13,14). The summed E-state index contributed by atoms with van der Waals surface area (Å²) in [4.78, 5) is 16.7. The second-order valence-electron chi connectivity index (χ2n) is 3.39. The van der Waals surface area contributed by atoms with E-state index in [1.165, 1.54) is 17.5 Å². The van der Waals surface area contributed by atoms with E-state index >= 15 is 0 Å². The zero-order chi connectivity index (χ0) is 12.6. The number of carbonyl (C=O) groups is 1. The Morgan fingerprint density at radius 2 is 2.35 bits per heavy atom. The van der Waals surface area contributed by atoms with Crippen LogP contribution < -0.4 is 0 Å². The van der Waals surface area contributed by atoms with E-state index in [2.05, 4.69) is 20.9 Å². The third kappa shape index (κ3) is 2.02. The molecule has 0 saturated carbocycles. The van der Waals surface area contributed by atoms with E-state index in [9.17, 15) is 9.90 Å². The molecular weight excluding hydrogens is 306 g/mol. The molecule has 0 spiro atoms. The fourth-order valence-corrected chi connectivity index (χ4v) is 3.08. The number of hydrogen-bond donors (Lipinski definition) is 1. The normalized spacial score (nSPS) is 10.8. The average Bonchev–Trinajstić information content (AvgIpc) is 2.58. The zero-order valence-corrected chi connectivity index (χ0v) is 11.7. The van der Waals surface area contributed by atoms with Crippen LogP contribution in [-0.2, 0) is 4.74 Å². The minimum absolute atomic E-state index is 0.0627. The number of halogens is 1. The Balaban J connectivity index is 2.62. The Kier molecular flexibility index (Phi) is 3.35. The number of esters is 1. The van der Waals surface area contributed by atoms with Crippen molar-refractivity contribution in [2.45, 2.75) is 13.8 Å². The number of fused-ring (bicyclic) bond motifs is 1. The Hall–Kier alpha value is -1.14. The van der Waals surface area contributed by atoms with Crippen molar-refractivity contribution < 1.29 is 14.6 Å². The minimum Gasteiger partial charge on any atom is -0.505 e. The summed E-state index contributed by atoms with van der Waals surface area (Å²) in [5.41, 5.74) is 0.770. The number of aromatic nitrogens is 1. The highest BCUT2D eigenvalue weighted by atomic mass is 79.9. The molecule has 2 aromatic heterocycles. The van der Waals surface area contributed by atoms with Crippen LogP contribution in [0.1, 0.15) is 22.2 Å². The number of carbonyl (C=O) groups excluding carboxylic acids is 1. The molecule has 2 rings (SSSR count). The van der Waals surface area contributed by atoms with E-state index < -0.39 is 5.97 Å². The van der Waals surface area contributed by atoms with E-state index in [4.69, 9.17) is 4.74 Å². The maximum Gasteiger partial charge on any atom is 0.343 e. The zero-order valence-electron chi connectivity index (χ0n) is 9.28. The molecule has 0 aliphatic carbocycles. The molecule has 4 nitrogen and oxygen atoms in total. The molecule has 0 saturated heterocycles. The van der Waals surface area contributed by atoms with E-state index in [0.29, 0.717) is 10.2 Å². The van der Waals surface area contributed by atoms with Gasteiger partial charge in [-0.05, 0) is 29.8 Å². The first-order chi connectivity index (χ1) is 8.06. The van der Waals surface area contributed by atoms with Crippen LogP contribution in [0.5, 0.6) is 5.75 Å². The van der Waals surface area contributed by atoms with Crippen molar-refractivity contribution in [3.63, 3.8) is 0 Å². The number of aromatic hydroxyl groups is 1. The van der Waals surface area contributed by atoms with Crippen molar-refractivity contribution in [3.8, 4) is 5.75 Å². The van der Waals surface area contributed by atoms with Crippen LogP contribution in [0, 0.1) is 6.92 Å². The Morgan fingerprint density at radius 3 is 3.00 bits per heavy atom. The van der Waals surface area contributed by atoms with Crippen molar-refractivity contribution in [2.75, 3.05) is 6.61 Å². The van der Waals surface area contributed by atoms with Crippen LogP contribution >= 0.6 is 27.3 Å². The molecule has 2 heterocycles. The Labute approximate surface area is 110 Å². The summed E-state index contributed by atoms with van der Waals surface area (Å²) in [5.74, 6) is -0.617. The maximum atomic E-state index is 11.6. The molecule has 0 bridgehead atoms. The van der Waals surface area contributed by atoms with Gasteiger partial charge in [0.25, 0.3) is 0 Å². The van der Waals surface area contributed by atoms with Crippen molar-refractivity contribution in [2.24, 2.45) is 0 Å². The van der Waals surface area contributed by atoms with Crippen LogP contribution in [0.3, 0.4) is 0 Å². The quantitative estimate of drug-likeness (QED) is 0.864. The Morgan fingerprint density at radius 1 is 1.65 bits per heavy atom. The first-order valence-electron chi connectivity index (χ1n) is 5.00. The molecule has 1 N–H and O–H groups in total. The molecule has 0 atom stereocenters. The number of rotatable bonds is 2. The van der Waals surface area contributed by atoms with Gasteiger partial charge in [0, 0.05) is 11.1 Å². The average molecular weight is 316 g/mol. The monoisotopic (exact) mass is 315 g/mol. The van der Waals surface area contributed by atoms with Gasteiger partial charge in [0.1, 0.15) is 5.56 Å². The lowest BCUT2D eigenvalue weighted by molar-refractivity contribution is 0.0523. The lowest BCUT2D eigenvalue weighted by Gasteiger charge is -2.04. The number of thiophene rings is 1. The molecule has 0 fully saturated rings. The number of nitrogens with zero attached hydrogens (tertiary/aromatic N) is 1. The van der Waals surface area contributed by atoms with Gasteiger partial charge >= 0.3 is 5.97 Å². The molecule has 0 aliphatic rings. The number of ether oxygens (including phenoxy) is 1. The minimum atomic E-state index is -0.554. The molecule has 90 valence electrons. The van der Waals surface area contributed by atoms with Gasteiger partial charge in [-0.25, -0.2) is 4.79 Å². The fourth-order valence-electron chi connectivity index (χ4n) is 1.46. The molecule has 0 aliphatic heterocycles. The smallest absolute Gasteiger partial charge is 0.343 e. The van der Waals surface area contributed by atoms with Crippen LogP contribution in [0.2, 0.25) is 0 Å². The highest BCUT2D eigenvalue weighted by molar-refractivity contribution is 9.10. The molecule has 2 aromatic rings. The molecular formula is C11H10BrNO3S. The van der Waals surface area contributed by atoms with Crippen LogP contribution in [-0.4, -0.2) is 22.7 Å². The summed E-state index contributed by atoms with van der Waals surface area (Å²) in [5, 5.41) is 10.0. The van der Waals surface area contributed by atoms with Gasteiger partial charge in [-0.3, -0.25) is 4.98 Å². The predicted octanol–water partition coefficient (Wildman–Crippen LogP) is 3.25. The summed E-state index contributed by atoms with van der Waals surface area (Å²) < 4.78 is 6.30. The van der Waals surface area contributed by atoms with Crippen molar-refractivity contribution in [1.29, 1.82) is 0 Å². The fraction of sp³-hybridized carbons (Fsp3) is 0.273. The SMILES string of the molecule is CCOC(=O)c1cnc2c(Br)c(C)sc2c1O. The lowest BCUT2D eigenvalue weighted by atomic mass is 10.2. The third-order valence-electron chi connectivity index (χ3n) is 2.28. The van der Waals surface area contributed by atoms with E-state index in [1.807, 2.05) is 6.92 Å². The maximum absolute atomic E-state index is 11.6. The first kappa shape index (κ1) is 12.3. The summed E-state index contributed by atoms with van der Waals surface area (Å²) in [6, 6.07) is 0. The number of aryl methyl sites for hydroxylation is 1. The van der Waals surface area contributed by atoms with Gasteiger partial charge in [0.15, 0.2) is 5.75 Å². The van der Waals surface area contributed by atoms with Crippen molar-refractivity contribution >= 4 is 43.5 Å². The highest BCUT2D eigenvalue weighted by Gasteiger charge is 2.19. The highest BCUT2D eigenvalue weighted by Crippen LogP contribution is 2.39. The summed E-state index contributed by atoms with van der Waals surface area (Å²) in [7, 11) is 0. The van der Waals surface area contributed by atoms with Crippen LogP contribution in [0.4, 0.5) is 0 Å². The molecule has 6 heteroatoms. The summed E-state index contributed by atoms with van der Waals surface area (Å²) in [6.07, 6.45) is 1.34. The second kappa shape index (κ2) is 4.62. The predicted molar refractivity (Wildman–Crippen MR) is 69.7 cm³/mol. The van der Waals surface area contributed by atoms with Gasteiger partial charge in [-0.1, -0.05) is 0 Å². The summed E-state index contributed by atoms with van der Waals surface area (Å²) in [6.45, 7) is 3.90. The Bertz CT molecular complexity index is 594.